The highest BCUT2D eigenvalue weighted by Crippen LogP contribution is 2.30. The lowest BCUT2D eigenvalue weighted by Gasteiger charge is -2.34. The van der Waals surface area contributed by atoms with Crippen LogP contribution in [0.15, 0.2) is 29.6 Å². The van der Waals surface area contributed by atoms with E-state index < -0.39 is 10.0 Å². The van der Waals surface area contributed by atoms with E-state index in [1.54, 1.807) is 31.6 Å². The lowest BCUT2D eigenvalue weighted by Crippen LogP contribution is -2.49. The zero-order valence-corrected chi connectivity index (χ0v) is 15.1. The quantitative estimate of drug-likeness (QED) is 0.810. The Labute approximate surface area is 147 Å². The van der Waals surface area contributed by atoms with E-state index in [4.69, 9.17) is 5.73 Å². The molecular formula is C14H21ClN6O2S. The van der Waals surface area contributed by atoms with E-state index in [0.29, 0.717) is 25.5 Å². The number of nitrogens with zero attached hydrogens (tertiary/aromatic N) is 4. The normalized spacial score (nSPS) is 19.0. The average Bonchev–Trinajstić information content (AvgIpc) is 2.95. The Hall–Kier alpha value is -1.68. The lowest BCUT2D eigenvalue weighted by molar-refractivity contribution is 0.258. The van der Waals surface area contributed by atoms with Crippen LogP contribution in [0.3, 0.4) is 0 Å². The Bertz CT molecular complexity index is 822. The predicted molar refractivity (Wildman–Crippen MR) is 93.3 cm³/mol. The Balaban J connectivity index is 0.00000208. The molecule has 24 heavy (non-hydrogen) atoms. The number of halogens is 1. The Kier molecular flexibility index (Phi) is 5.49. The zero-order valence-electron chi connectivity index (χ0n) is 13.5. The zero-order chi connectivity index (χ0) is 16.6. The van der Waals surface area contributed by atoms with Gasteiger partial charge in [0.15, 0.2) is 0 Å². The average molecular weight is 373 g/mol. The predicted octanol–water partition coefficient (Wildman–Crippen LogP) is 0.463. The van der Waals surface area contributed by atoms with E-state index >= 15 is 0 Å². The molecule has 10 heteroatoms. The summed E-state index contributed by atoms with van der Waals surface area (Å²) in [4.78, 5) is 8.34. The first-order chi connectivity index (χ1) is 10.9. The number of piperazine rings is 1. The third kappa shape index (κ3) is 3.25. The maximum absolute atomic E-state index is 13.1. The minimum Gasteiger partial charge on any atom is -0.383 e. The van der Waals surface area contributed by atoms with Gasteiger partial charge in [0.1, 0.15) is 16.5 Å². The highest BCUT2D eigenvalue weighted by atomic mass is 35.5. The number of anilines is 1. The summed E-state index contributed by atoms with van der Waals surface area (Å²) in [5, 5.41) is 3.22. The third-order valence-electron chi connectivity index (χ3n) is 3.96. The highest BCUT2D eigenvalue weighted by molar-refractivity contribution is 7.89. The number of sulfonamides is 1. The fraction of sp³-hybridized carbons (Fsp3) is 0.429. The number of aromatic nitrogens is 3. The molecule has 0 amide bonds. The number of pyridine rings is 1. The molecule has 0 saturated carbocycles. The Morgan fingerprint density at radius 3 is 2.79 bits per heavy atom. The van der Waals surface area contributed by atoms with Gasteiger partial charge in [-0.2, -0.15) is 4.31 Å². The van der Waals surface area contributed by atoms with Gasteiger partial charge in [0.2, 0.25) is 10.0 Å². The minimum absolute atomic E-state index is 0. The molecule has 0 aromatic carbocycles. The second-order valence-corrected chi connectivity index (χ2v) is 7.49. The molecule has 1 fully saturated rings. The summed E-state index contributed by atoms with van der Waals surface area (Å²) in [6.45, 7) is 3.23. The maximum Gasteiger partial charge on any atom is 0.247 e. The topological polar surface area (TPSA) is 106 Å². The van der Waals surface area contributed by atoms with Crippen LogP contribution in [0.4, 0.5) is 5.82 Å². The van der Waals surface area contributed by atoms with Crippen molar-refractivity contribution in [3.8, 4) is 0 Å². The summed E-state index contributed by atoms with van der Waals surface area (Å²) in [6.07, 6.45) is 5.02. The lowest BCUT2D eigenvalue weighted by atomic mass is 10.2. The van der Waals surface area contributed by atoms with Crippen molar-refractivity contribution in [1.82, 2.24) is 24.2 Å². The van der Waals surface area contributed by atoms with E-state index in [1.807, 2.05) is 11.6 Å². The van der Waals surface area contributed by atoms with Crippen LogP contribution in [-0.2, 0) is 17.1 Å². The van der Waals surface area contributed by atoms with E-state index in [-0.39, 0.29) is 29.2 Å². The number of nitrogens with two attached hydrogens (primary N) is 1. The van der Waals surface area contributed by atoms with Crippen LogP contribution in [0.1, 0.15) is 17.4 Å². The number of hydrogen-bond acceptors (Lipinski definition) is 6. The van der Waals surface area contributed by atoms with Crippen molar-refractivity contribution >= 4 is 28.2 Å². The van der Waals surface area contributed by atoms with E-state index in [0.717, 1.165) is 5.56 Å². The summed E-state index contributed by atoms with van der Waals surface area (Å²) in [7, 11) is -1.90. The standard InChI is InChI=1S/C14H20N6O2S.ClH/c1-10-7-12(13(15)18-8-10)23(21,22)20-6-3-16-9-11(20)14-17-4-5-19(14)2;/h4-5,7-8,11,16H,3,6,9H2,1-2H3,(H2,15,18);1H. The SMILES string of the molecule is Cc1cnc(N)c(S(=O)(=O)N2CCNCC2c2nccn2C)c1.Cl. The minimum atomic E-state index is -3.75. The summed E-state index contributed by atoms with van der Waals surface area (Å²) in [5.74, 6) is 0.715. The number of rotatable bonds is 3. The molecule has 3 rings (SSSR count). The fourth-order valence-corrected chi connectivity index (χ4v) is 4.52. The van der Waals surface area contributed by atoms with Crippen LogP contribution >= 0.6 is 12.4 Å². The van der Waals surface area contributed by atoms with Crippen molar-refractivity contribution in [3.63, 3.8) is 0 Å². The molecule has 1 aliphatic heterocycles. The van der Waals surface area contributed by atoms with Crippen LogP contribution in [0, 0.1) is 6.92 Å². The molecule has 1 saturated heterocycles. The maximum atomic E-state index is 13.1. The first kappa shape index (κ1) is 18.7. The van der Waals surface area contributed by atoms with E-state index in [2.05, 4.69) is 15.3 Å². The first-order valence-corrected chi connectivity index (χ1v) is 8.77. The van der Waals surface area contributed by atoms with Gasteiger partial charge in [-0.1, -0.05) is 0 Å². The number of aryl methyl sites for hydroxylation is 2. The van der Waals surface area contributed by atoms with Gasteiger partial charge in [-0.25, -0.2) is 18.4 Å². The van der Waals surface area contributed by atoms with Gasteiger partial charge in [0.05, 0.1) is 6.04 Å². The number of hydrogen-bond donors (Lipinski definition) is 2. The van der Waals surface area contributed by atoms with Crippen LogP contribution in [0.25, 0.3) is 0 Å². The molecule has 2 aromatic heterocycles. The molecule has 1 atom stereocenters. The van der Waals surface area contributed by atoms with E-state index in [9.17, 15) is 8.42 Å². The molecule has 8 nitrogen and oxygen atoms in total. The molecule has 3 N–H and O–H groups in total. The second kappa shape index (κ2) is 7.06. The summed E-state index contributed by atoms with van der Waals surface area (Å²) in [5.41, 5.74) is 6.57. The second-order valence-electron chi connectivity index (χ2n) is 5.63. The van der Waals surface area contributed by atoms with Crippen molar-refractivity contribution in [1.29, 1.82) is 0 Å². The van der Waals surface area contributed by atoms with Gasteiger partial charge < -0.3 is 15.6 Å². The molecule has 3 heterocycles. The third-order valence-corrected chi connectivity index (χ3v) is 5.89. The molecule has 2 aromatic rings. The molecule has 0 radical (unpaired) electrons. The first-order valence-electron chi connectivity index (χ1n) is 7.33. The fourth-order valence-electron chi connectivity index (χ4n) is 2.78. The number of imidazole rings is 1. The van der Waals surface area contributed by atoms with Crippen LogP contribution in [0.5, 0.6) is 0 Å². The molecule has 0 spiro atoms. The largest absolute Gasteiger partial charge is 0.383 e. The summed E-state index contributed by atoms with van der Waals surface area (Å²) >= 11 is 0. The van der Waals surface area contributed by atoms with Crippen LogP contribution in [-0.4, -0.2) is 46.9 Å². The van der Waals surface area contributed by atoms with Gasteiger partial charge >= 0.3 is 0 Å². The number of nitrogens with one attached hydrogen (secondary N) is 1. The summed E-state index contributed by atoms with van der Waals surface area (Å²) < 4.78 is 29.5. The van der Waals surface area contributed by atoms with Crippen LogP contribution < -0.4 is 11.1 Å². The van der Waals surface area contributed by atoms with Gasteiger partial charge in [0.25, 0.3) is 0 Å². The van der Waals surface area contributed by atoms with E-state index in [1.165, 1.54) is 4.31 Å². The van der Waals surface area contributed by atoms with Crippen molar-refractivity contribution in [2.45, 2.75) is 17.9 Å². The molecular weight excluding hydrogens is 352 g/mol. The van der Waals surface area contributed by atoms with Crippen molar-refractivity contribution in [2.75, 3.05) is 25.4 Å². The van der Waals surface area contributed by atoms with Crippen LogP contribution in [0.2, 0.25) is 0 Å². The van der Waals surface area contributed by atoms with Crippen molar-refractivity contribution in [2.24, 2.45) is 7.05 Å². The Morgan fingerprint density at radius 2 is 2.12 bits per heavy atom. The van der Waals surface area contributed by atoms with Gasteiger partial charge in [-0.05, 0) is 18.6 Å². The molecule has 0 bridgehead atoms. The van der Waals surface area contributed by atoms with Gasteiger partial charge in [-0.15, -0.1) is 12.4 Å². The van der Waals surface area contributed by atoms with Crippen molar-refractivity contribution < 1.29 is 8.42 Å². The molecule has 132 valence electrons. The Morgan fingerprint density at radius 1 is 1.38 bits per heavy atom. The van der Waals surface area contributed by atoms with Gasteiger partial charge in [-0.3, -0.25) is 0 Å². The van der Waals surface area contributed by atoms with Gasteiger partial charge in [0, 0.05) is 45.3 Å². The summed E-state index contributed by atoms with van der Waals surface area (Å²) in [6, 6.07) is 1.18. The van der Waals surface area contributed by atoms with Crippen molar-refractivity contribution in [3.05, 3.63) is 36.0 Å². The smallest absolute Gasteiger partial charge is 0.247 e. The number of nitrogen functional groups attached to an aromatic ring is 1. The highest BCUT2D eigenvalue weighted by Gasteiger charge is 2.37. The molecule has 1 unspecified atom stereocenters. The molecule has 1 aliphatic rings. The molecule has 0 aliphatic carbocycles. The monoisotopic (exact) mass is 372 g/mol.